The SMILES string of the molecule is CC[C@H](C)NS(=O)(=O)c1ccc(NCCc2ccc(OC)cc2)c(C(=O)O)c1. The summed E-state index contributed by atoms with van der Waals surface area (Å²) in [5.41, 5.74) is 1.37. The maximum atomic E-state index is 12.4. The first-order chi connectivity index (χ1) is 13.3. The third-order valence-corrected chi connectivity index (χ3v) is 5.98. The predicted octanol–water partition coefficient (Wildman–Crippen LogP) is 3.12. The van der Waals surface area contributed by atoms with E-state index in [1.54, 1.807) is 14.0 Å². The van der Waals surface area contributed by atoms with Crippen LogP contribution in [0.4, 0.5) is 5.69 Å². The van der Waals surface area contributed by atoms with Crippen molar-refractivity contribution in [3.63, 3.8) is 0 Å². The fraction of sp³-hybridized carbons (Fsp3) is 0.350. The van der Waals surface area contributed by atoms with Crippen LogP contribution in [0.5, 0.6) is 5.75 Å². The van der Waals surface area contributed by atoms with Crippen molar-refractivity contribution in [3.05, 3.63) is 53.6 Å². The number of carboxylic acids is 1. The Labute approximate surface area is 165 Å². The molecule has 2 aromatic carbocycles. The summed E-state index contributed by atoms with van der Waals surface area (Å²) in [5.74, 6) is -0.416. The average molecular weight is 407 g/mol. The zero-order chi connectivity index (χ0) is 20.7. The lowest BCUT2D eigenvalue weighted by atomic mass is 10.1. The Bertz CT molecular complexity index is 911. The Hall–Kier alpha value is -2.58. The molecule has 7 nitrogen and oxygen atoms in total. The Morgan fingerprint density at radius 3 is 2.43 bits per heavy atom. The molecule has 0 aliphatic carbocycles. The maximum absolute atomic E-state index is 12.4. The molecule has 0 aliphatic heterocycles. The number of sulfonamides is 1. The van der Waals surface area contributed by atoms with Crippen LogP contribution >= 0.6 is 0 Å². The van der Waals surface area contributed by atoms with E-state index >= 15 is 0 Å². The van der Waals surface area contributed by atoms with Gasteiger partial charge in [-0.25, -0.2) is 17.9 Å². The summed E-state index contributed by atoms with van der Waals surface area (Å²) in [5, 5.41) is 12.6. The van der Waals surface area contributed by atoms with E-state index in [-0.39, 0.29) is 16.5 Å². The predicted molar refractivity (Wildman–Crippen MR) is 109 cm³/mol. The van der Waals surface area contributed by atoms with E-state index in [4.69, 9.17) is 4.74 Å². The van der Waals surface area contributed by atoms with Crippen molar-refractivity contribution >= 4 is 21.7 Å². The number of rotatable bonds is 10. The highest BCUT2D eigenvalue weighted by Crippen LogP contribution is 2.21. The Morgan fingerprint density at radius 2 is 1.86 bits per heavy atom. The van der Waals surface area contributed by atoms with Crippen LogP contribution in [-0.2, 0) is 16.4 Å². The molecule has 3 N–H and O–H groups in total. The van der Waals surface area contributed by atoms with Gasteiger partial charge >= 0.3 is 5.97 Å². The van der Waals surface area contributed by atoms with Gasteiger partial charge in [-0.05, 0) is 55.7 Å². The van der Waals surface area contributed by atoms with Crippen molar-refractivity contribution < 1.29 is 23.1 Å². The third-order valence-electron chi connectivity index (χ3n) is 4.39. The number of methoxy groups -OCH3 is 1. The van der Waals surface area contributed by atoms with Gasteiger partial charge < -0.3 is 15.2 Å². The van der Waals surface area contributed by atoms with Crippen molar-refractivity contribution in [2.45, 2.75) is 37.6 Å². The summed E-state index contributed by atoms with van der Waals surface area (Å²) in [6.07, 6.45) is 1.31. The number of carbonyl (C=O) groups is 1. The largest absolute Gasteiger partial charge is 0.497 e. The molecule has 0 radical (unpaired) electrons. The van der Waals surface area contributed by atoms with Gasteiger partial charge in [-0.3, -0.25) is 0 Å². The second kappa shape index (κ2) is 9.57. The highest BCUT2D eigenvalue weighted by atomic mass is 32.2. The first-order valence-electron chi connectivity index (χ1n) is 9.03. The minimum atomic E-state index is -3.77. The van der Waals surface area contributed by atoms with Gasteiger partial charge in [-0.15, -0.1) is 0 Å². The van der Waals surface area contributed by atoms with Crippen molar-refractivity contribution in [1.29, 1.82) is 0 Å². The van der Waals surface area contributed by atoms with Crippen molar-refractivity contribution in [2.24, 2.45) is 0 Å². The molecule has 0 heterocycles. The second-order valence-electron chi connectivity index (χ2n) is 6.47. The molecule has 0 saturated heterocycles. The standard InChI is InChI=1S/C20H26N2O5S/c1-4-14(2)22-28(25,26)17-9-10-19(18(13-17)20(23)24)21-12-11-15-5-7-16(27-3)8-6-15/h5-10,13-14,21-22H,4,11-12H2,1-3H3,(H,23,24)/t14-/m0/s1. The molecule has 0 spiro atoms. The number of nitrogens with one attached hydrogen (secondary N) is 2. The smallest absolute Gasteiger partial charge is 0.337 e. The van der Waals surface area contributed by atoms with Crippen LogP contribution in [0.3, 0.4) is 0 Å². The van der Waals surface area contributed by atoms with Gasteiger partial charge in [0.2, 0.25) is 10.0 Å². The molecular weight excluding hydrogens is 380 g/mol. The molecule has 2 aromatic rings. The van der Waals surface area contributed by atoms with Crippen LogP contribution in [0, 0.1) is 0 Å². The molecule has 0 aromatic heterocycles. The fourth-order valence-corrected chi connectivity index (χ4v) is 3.92. The first-order valence-corrected chi connectivity index (χ1v) is 10.5. The second-order valence-corrected chi connectivity index (χ2v) is 8.18. The van der Waals surface area contributed by atoms with Gasteiger partial charge in [0.05, 0.1) is 17.6 Å². The zero-order valence-corrected chi connectivity index (χ0v) is 17.0. The lowest BCUT2D eigenvalue weighted by molar-refractivity contribution is 0.0697. The summed E-state index contributed by atoms with van der Waals surface area (Å²) in [7, 11) is -2.16. The highest BCUT2D eigenvalue weighted by Gasteiger charge is 2.20. The summed E-state index contributed by atoms with van der Waals surface area (Å²) in [6.45, 7) is 4.13. The molecule has 0 amide bonds. The van der Waals surface area contributed by atoms with E-state index in [0.717, 1.165) is 11.3 Å². The summed E-state index contributed by atoms with van der Waals surface area (Å²) >= 11 is 0. The average Bonchev–Trinajstić information content (AvgIpc) is 2.68. The van der Waals surface area contributed by atoms with E-state index < -0.39 is 16.0 Å². The first kappa shape index (κ1) is 21.7. The number of carboxylic acid groups (broad SMARTS) is 1. The van der Waals surface area contributed by atoms with E-state index in [2.05, 4.69) is 10.0 Å². The minimum absolute atomic E-state index is 0.0640. The number of aromatic carboxylic acids is 1. The number of hydrogen-bond acceptors (Lipinski definition) is 5. The Kier molecular flexibility index (Phi) is 7.42. The fourth-order valence-electron chi connectivity index (χ4n) is 2.57. The van der Waals surface area contributed by atoms with Gasteiger partial charge in [0.15, 0.2) is 0 Å². The molecule has 1 atom stereocenters. The summed E-state index contributed by atoms with van der Waals surface area (Å²) in [4.78, 5) is 11.5. The summed E-state index contributed by atoms with van der Waals surface area (Å²) < 4.78 is 32.5. The number of hydrogen-bond donors (Lipinski definition) is 3. The Morgan fingerprint density at radius 1 is 1.18 bits per heavy atom. The van der Waals surface area contributed by atoms with Gasteiger partial charge in [0.25, 0.3) is 0 Å². The maximum Gasteiger partial charge on any atom is 0.337 e. The van der Waals surface area contributed by atoms with E-state index in [9.17, 15) is 18.3 Å². The molecule has 0 saturated carbocycles. The highest BCUT2D eigenvalue weighted by molar-refractivity contribution is 7.89. The molecule has 2 rings (SSSR count). The molecule has 8 heteroatoms. The monoisotopic (exact) mass is 406 g/mol. The molecule has 0 aliphatic rings. The topological polar surface area (TPSA) is 105 Å². The normalized spacial score (nSPS) is 12.4. The molecule has 0 bridgehead atoms. The lowest BCUT2D eigenvalue weighted by Gasteiger charge is -2.14. The van der Waals surface area contributed by atoms with Crippen LogP contribution < -0.4 is 14.8 Å². The van der Waals surface area contributed by atoms with Gasteiger partial charge in [-0.2, -0.15) is 0 Å². The van der Waals surface area contributed by atoms with Crippen LogP contribution in [0.15, 0.2) is 47.4 Å². The van der Waals surface area contributed by atoms with Crippen molar-refractivity contribution in [1.82, 2.24) is 4.72 Å². The lowest BCUT2D eigenvalue weighted by Crippen LogP contribution is -2.32. The van der Waals surface area contributed by atoms with Crippen molar-refractivity contribution in [2.75, 3.05) is 19.0 Å². The van der Waals surface area contributed by atoms with E-state index in [0.29, 0.717) is 25.1 Å². The summed E-state index contributed by atoms with van der Waals surface area (Å²) in [6, 6.07) is 11.5. The van der Waals surface area contributed by atoms with Gasteiger partial charge in [0.1, 0.15) is 5.75 Å². The zero-order valence-electron chi connectivity index (χ0n) is 16.2. The number of anilines is 1. The van der Waals surface area contributed by atoms with Gasteiger partial charge in [-0.1, -0.05) is 19.1 Å². The van der Waals surface area contributed by atoms with Crippen LogP contribution in [0.1, 0.15) is 36.2 Å². The number of ether oxygens (including phenoxy) is 1. The quantitative estimate of drug-likeness (QED) is 0.560. The molecule has 0 unspecified atom stereocenters. The van der Waals surface area contributed by atoms with Crippen molar-refractivity contribution in [3.8, 4) is 5.75 Å². The minimum Gasteiger partial charge on any atom is -0.497 e. The molecule has 28 heavy (non-hydrogen) atoms. The molecule has 152 valence electrons. The number of benzene rings is 2. The Balaban J connectivity index is 2.12. The van der Waals surface area contributed by atoms with Crippen LogP contribution in [0.2, 0.25) is 0 Å². The van der Waals surface area contributed by atoms with E-state index in [1.807, 2.05) is 31.2 Å². The van der Waals surface area contributed by atoms with Crippen LogP contribution in [-0.4, -0.2) is 39.2 Å². The molecular formula is C20H26N2O5S. The van der Waals surface area contributed by atoms with Crippen LogP contribution in [0.25, 0.3) is 0 Å². The third kappa shape index (κ3) is 5.71. The van der Waals surface area contributed by atoms with E-state index in [1.165, 1.54) is 18.2 Å². The van der Waals surface area contributed by atoms with Gasteiger partial charge in [0, 0.05) is 18.3 Å². The molecule has 0 fully saturated rings.